The number of nitrogens with zero attached hydrogens (tertiary/aromatic N) is 4. The SMILES string of the molecule is C.COc1cc(C=O)cc2c1C(COC(N)=O)C1(O)ON2CC2[N-]C21.NC(=O)OCC1c2c(O)cc(C=O)cc2N2CC3[N-]C3C1(O)O2.[Ac].[Ac].[Ac].[Ac].[B]. The van der Waals surface area contributed by atoms with Crippen LogP contribution in [0.4, 0.5) is 21.0 Å². The van der Waals surface area contributed by atoms with Crippen LogP contribution in [0.3, 0.4) is 0 Å². The van der Waals surface area contributed by atoms with Gasteiger partial charge in [-0.25, -0.2) is 19.3 Å². The van der Waals surface area contributed by atoms with Crippen LogP contribution in [0.15, 0.2) is 24.3 Å². The van der Waals surface area contributed by atoms with Gasteiger partial charge in [-0.05, 0) is 24.3 Å². The maximum atomic E-state index is 11.2. The number of carbonyl (C=O) groups is 4. The van der Waals surface area contributed by atoms with Crippen LogP contribution >= 0.6 is 0 Å². The molecule has 2 aromatic rings. The number of phenols is 1. The number of aromatic hydroxyl groups is 1. The van der Waals surface area contributed by atoms with Crippen molar-refractivity contribution in [3.05, 3.63) is 57.2 Å². The first-order valence-electron chi connectivity index (χ1n) is 14.5. The summed E-state index contributed by atoms with van der Waals surface area (Å²) in [5.74, 6) is -4.79. The summed E-state index contributed by atoms with van der Waals surface area (Å²) in [6.45, 7) is 0.404. The van der Waals surface area contributed by atoms with Gasteiger partial charge >= 0.3 is 12.2 Å². The fraction of sp³-hybridized carbons (Fsp3) is 0.467. The zero-order valence-corrected chi connectivity index (χ0v) is 46.6. The molecule has 6 aliphatic rings. The fourth-order valence-electron chi connectivity index (χ4n) is 6.93. The van der Waals surface area contributed by atoms with Gasteiger partial charge in [-0.15, -0.1) is 12.1 Å². The fourth-order valence-corrected chi connectivity index (χ4v) is 6.93. The van der Waals surface area contributed by atoms with Gasteiger partial charge in [-0.1, -0.05) is 19.5 Å². The van der Waals surface area contributed by atoms with Gasteiger partial charge in [0.2, 0.25) is 0 Å². The number of benzene rings is 2. The van der Waals surface area contributed by atoms with Crippen LogP contribution in [0, 0.1) is 176 Å². The second-order valence-corrected chi connectivity index (χ2v) is 11.9. The zero-order valence-electron chi connectivity index (χ0n) is 27.6. The van der Waals surface area contributed by atoms with Gasteiger partial charge in [0, 0.05) is 220 Å². The smallest absolute Gasteiger partial charge is 0.404 e. The van der Waals surface area contributed by atoms with Crippen LogP contribution in [0.25, 0.3) is 10.6 Å². The third-order valence-electron chi connectivity index (χ3n) is 9.13. The molecule has 4 saturated heterocycles. The molecule has 8 rings (SSSR count). The molecule has 7 radical (unpaired) electrons. The predicted molar refractivity (Wildman–Crippen MR) is 170 cm³/mol. The first kappa shape index (κ1) is 52.1. The van der Waals surface area contributed by atoms with Crippen LogP contribution in [-0.2, 0) is 19.1 Å². The number of hydrogen-bond donors (Lipinski definition) is 5. The van der Waals surface area contributed by atoms with E-state index in [1.165, 1.54) is 23.3 Å². The Kier molecular flexibility index (Phi) is 20.1. The Bertz CT molecular complexity index is 1700. The van der Waals surface area contributed by atoms with Gasteiger partial charge < -0.3 is 51.6 Å². The second-order valence-electron chi connectivity index (χ2n) is 11.9. The van der Waals surface area contributed by atoms with Crippen LogP contribution in [0.1, 0.15) is 51.1 Å². The van der Waals surface area contributed by atoms with Gasteiger partial charge in [-0.2, -0.15) is 0 Å². The molecule has 4 fully saturated rings. The van der Waals surface area contributed by atoms with Crippen molar-refractivity contribution in [1.29, 1.82) is 0 Å². The summed E-state index contributed by atoms with van der Waals surface area (Å²) < 4.78 is 15.2. The number of hydroxylamine groups is 2. The molecule has 8 unspecified atom stereocenters. The molecule has 0 saturated carbocycles. The minimum atomic E-state index is -1.73. The Hall–Kier alpha value is 1.11. The number of phenolic OH excluding ortho intramolecular Hbond substituents is 1. The summed E-state index contributed by atoms with van der Waals surface area (Å²) in [6.07, 6.45) is -0.649. The van der Waals surface area contributed by atoms with E-state index in [1.54, 1.807) is 18.2 Å². The number of aldehydes is 2. The number of primary amides is 2. The summed E-state index contributed by atoms with van der Waals surface area (Å²) in [5.41, 5.74) is 12.7. The maximum Gasteiger partial charge on any atom is 0.404 e. The largest absolute Gasteiger partial charge is 0.653 e. The molecular formula is C30H34Ac4BN6O12-2. The second kappa shape index (κ2) is 20.4. The maximum absolute atomic E-state index is 11.2. The van der Waals surface area contributed by atoms with Crippen molar-refractivity contribution >= 4 is 44.5 Å². The molecule has 7 N–H and O–H groups in total. The normalized spacial score (nSPS) is 29.2. The number of amides is 2. The van der Waals surface area contributed by atoms with Crippen molar-refractivity contribution in [3.63, 3.8) is 0 Å². The van der Waals surface area contributed by atoms with Crippen LogP contribution in [0.2, 0.25) is 0 Å². The third-order valence-corrected chi connectivity index (χ3v) is 9.13. The molecule has 8 atom stereocenters. The first-order chi connectivity index (χ1) is 22.4. The van der Waals surface area contributed by atoms with Gasteiger partial charge in [-0.3, -0.25) is 19.7 Å². The minimum Gasteiger partial charge on any atom is -0.653 e. The summed E-state index contributed by atoms with van der Waals surface area (Å²) in [5, 5.41) is 43.8. The number of methoxy groups -OCH3 is 1. The number of fused-ring (bicyclic) bond motifs is 12. The molecule has 0 aromatic heterocycles. The molecule has 273 valence electrons. The van der Waals surface area contributed by atoms with Gasteiger partial charge in [0.05, 0.1) is 30.3 Å². The standard InChI is InChI=1S/C15H16N3O6.C14H14N3O6.CH4.4Ac.B/c1-22-11-3-7(5-19)2-10-12(11)8(6-23-14(16)20)15(21)13-9(17-13)4-18(10)24-15;15-13(20)22-5-7-11-9(1-6(4-18)2-10(11)19)17-3-8-12(16-8)14(7,21)23-17;;;;;;/h2-3,5,8-9,13,21H,4,6H2,1H3,(H2,16,20);1-2,4,7-8,12,19,21H,3,5H2,(H2,15,20);1H4;;;;;/q2*-1;;;;;;. The third kappa shape index (κ3) is 9.78. The molecule has 6 aliphatic heterocycles. The van der Waals surface area contributed by atoms with E-state index in [2.05, 4.69) is 10.6 Å². The Morgan fingerprint density at radius 2 is 1.25 bits per heavy atom. The minimum absolute atomic E-state index is 0. The van der Waals surface area contributed by atoms with Crippen molar-refractivity contribution in [2.75, 3.05) is 43.5 Å². The Labute approximate surface area is 449 Å². The number of rotatable bonds is 7. The zero-order chi connectivity index (χ0) is 33.4. The van der Waals surface area contributed by atoms with Crippen LogP contribution in [-0.4, -0.2) is 118 Å². The van der Waals surface area contributed by atoms with E-state index >= 15 is 0 Å². The molecule has 6 heterocycles. The van der Waals surface area contributed by atoms with Gasteiger partial charge in [0.1, 0.15) is 37.3 Å². The van der Waals surface area contributed by atoms with E-state index < -0.39 is 47.7 Å². The van der Waals surface area contributed by atoms with E-state index in [0.29, 0.717) is 59.5 Å². The van der Waals surface area contributed by atoms with E-state index in [0.717, 1.165) is 0 Å². The van der Waals surface area contributed by atoms with E-state index in [4.69, 9.17) is 35.4 Å². The van der Waals surface area contributed by atoms with Crippen LogP contribution in [0.5, 0.6) is 11.5 Å². The van der Waals surface area contributed by atoms with Crippen molar-refractivity contribution < 1.29 is 235 Å². The van der Waals surface area contributed by atoms with Crippen molar-refractivity contribution in [2.45, 2.75) is 55.0 Å². The Balaban J connectivity index is 0.000000476. The van der Waals surface area contributed by atoms with E-state index in [-0.39, 0.29) is 229 Å². The number of ether oxygens (including phenoxy) is 3. The first-order valence-corrected chi connectivity index (χ1v) is 14.5. The molecule has 53 heavy (non-hydrogen) atoms. The monoisotopic (exact) mass is 1590 g/mol. The Morgan fingerprint density at radius 3 is 1.66 bits per heavy atom. The molecule has 23 heteroatoms. The summed E-state index contributed by atoms with van der Waals surface area (Å²) >= 11 is 0. The van der Waals surface area contributed by atoms with Gasteiger partial charge in [0.15, 0.2) is 11.6 Å². The number of anilines is 2. The molecular weight excluding hydrogens is 1560 g/mol. The topological polar surface area (TPSA) is 262 Å². The number of hydrogen-bond acceptors (Lipinski definition) is 14. The Morgan fingerprint density at radius 1 is 0.830 bits per heavy atom. The molecule has 0 spiro atoms. The van der Waals surface area contributed by atoms with Crippen molar-refractivity contribution in [3.8, 4) is 11.5 Å². The summed E-state index contributed by atoms with van der Waals surface area (Å²) in [6, 6.07) is 4.99. The number of nitrogens with two attached hydrogens (primary N) is 2. The molecule has 4 bridgehead atoms. The van der Waals surface area contributed by atoms with Crippen molar-refractivity contribution in [1.82, 2.24) is 0 Å². The summed E-state index contributed by atoms with van der Waals surface area (Å²) in [4.78, 5) is 55.6. The van der Waals surface area contributed by atoms with E-state index in [9.17, 15) is 34.5 Å². The number of aliphatic hydroxyl groups is 2. The molecule has 0 aliphatic carbocycles. The van der Waals surface area contributed by atoms with Crippen molar-refractivity contribution in [2.24, 2.45) is 11.5 Å². The number of carbonyl (C=O) groups excluding carboxylic acids is 4. The predicted octanol–water partition coefficient (Wildman–Crippen LogP) is 0.482. The molecule has 2 aromatic carbocycles. The molecule has 18 nitrogen and oxygen atoms in total. The molecule has 2 amide bonds. The average Bonchev–Trinajstić information content (AvgIpc) is 3.96. The summed E-state index contributed by atoms with van der Waals surface area (Å²) in [7, 11) is 1.46. The van der Waals surface area contributed by atoms with E-state index in [1.807, 2.05) is 0 Å². The quantitative estimate of drug-likeness (QED) is 0.144. The van der Waals surface area contributed by atoms with Crippen LogP contribution < -0.4 is 26.3 Å². The average molecular weight is 1590 g/mol. The van der Waals surface area contributed by atoms with Gasteiger partial charge in [0.25, 0.3) is 0 Å².